The van der Waals surface area contributed by atoms with Gasteiger partial charge in [-0.15, -0.1) is 0 Å². The molecule has 1 fully saturated rings. The number of aryl methyl sites for hydroxylation is 1. The lowest BCUT2D eigenvalue weighted by Crippen LogP contribution is -2.36. The normalized spacial score (nSPS) is 13.4. The quantitative estimate of drug-likeness (QED) is 0.361. The minimum atomic E-state index is 0.389. The fraction of sp³-hybridized carbons (Fsp3) is 0.333. The Labute approximate surface area is 215 Å². The van der Waals surface area contributed by atoms with Gasteiger partial charge in [0.2, 0.25) is 0 Å². The molecule has 2 aromatic heterocycles. The summed E-state index contributed by atoms with van der Waals surface area (Å²) in [6.45, 7) is 6.17. The molecule has 37 heavy (non-hydrogen) atoms. The summed E-state index contributed by atoms with van der Waals surface area (Å²) >= 11 is 0. The van der Waals surface area contributed by atoms with E-state index in [1.54, 1.807) is 13.3 Å². The van der Waals surface area contributed by atoms with Crippen LogP contribution in [-0.2, 0) is 17.9 Å². The van der Waals surface area contributed by atoms with Crippen molar-refractivity contribution in [1.29, 1.82) is 5.26 Å². The van der Waals surface area contributed by atoms with Crippen LogP contribution >= 0.6 is 0 Å². The second-order valence-electron chi connectivity index (χ2n) is 8.69. The summed E-state index contributed by atoms with van der Waals surface area (Å²) < 4.78 is 18.9. The highest BCUT2D eigenvalue weighted by molar-refractivity contribution is 5.89. The van der Waals surface area contributed by atoms with Gasteiger partial charge in [-0.2, -0.15) is 10.4 Å². The number of nitrogens with zero attached hydrogens (tertiary/aromatic N) is 6. The van der Waals surface area contributed by atoms with E-state index in [4.69, 9.17) is 19.2 Å². The van der Waals surface area contributed by atoms with Crippen molar-refractivity contribution in [2.45, 2.75) is 26.5 Å². The summed E-state index contributed by atoms with van der Waals surface area (Å²) in [6.07, 6.45) is 6.58. The van der Waals surface area contributed by atoms with Crippen LogP contribution in [0.1, 0.15) is 24.5 Å². The lowest BCUT2D eigenvalue weighted by molar-refractivity contribution is 0.122. The molecule has 2 aromatic carbocycles. The molecule has 0 aliphatic carbocycles. The first-order valence-electron chi connectivity index (χ1n) is 12.3. The van der Waals surface area contributed by atoms with Crippen LogP contribution in [0.4, 0.5) is 17.2 Å². The number of morpholine rings is 1. The second-order valence-corrected chi connectivity index (χ2v) is 8.69. The number of nitrogens with one attached hydrogen (secondary N) is 1. The summed E-state index contributed by atoms with van der Waals surface area (Å²) in [5.41, 5.74) is 4.05. The average Bonchev–Trinajstić information content (AvgIpc) is 3.39. The molecule has 1 aliphatic rings. The maximum atomic E-state index is 10.0. The molecular formula is C27H29N7O3. The van der Waals surface area contributed by atoms with E-state index in [0.717, 1.165) is 43.1 Å². The van der Waals surface area contributed by atoms with Gasteiger partial charge in [-0.3, -0.25) is 9.67 Å². The molecule has 10 heteroatoms. The van der Waals surface area contributed by atoms with E-state index in [2.05, 4.69) is 33.3 Å². The van der Waals surface area contributed by atoms with Crippen molar-refractivity contribution in [3.63, 3.8) is 0 Å². The molecule has 0 saturated carbocycles. The molecule has 0 amide bonds. The standard InChI is InChI=1S/C27H29N7O3/c1-3-8-34-17-19(15-30-34)18-37-24-7-4-20(13-25(24)35-2)31-22-5-6-23-27(21(22)14-28)32-26(16-29-23)33-9-11-36-12-10-33/h4-7,13,15-17,31H,3,8-12,18H2,1-2H3. The van der Waals surface area contributed by atoms with Gasteiger partial charge in [-0.25, -0.2) is 4.98 Å². The molecule has 1 saturated heterocycles. The molecule has 0 atom stereocenters. The van der Waals surface area contributed by atoms with E-state index in [1.807, 2.05) is 47.4 Å². The van der Waals surface area contributed by atoms with Gasteiger partial charge in [0.15, 0.2) is 11.5 Å². The van der Waals surface area contributed by atoms with Gasteiger partial charge < -0.3 is 24.4 Å². The van der Waals surface area contributed by atoms with E-state index < -0.39 is 0 Å². The maximum absolute atomic E-state index is 10.0. The van der Waals surface area contributed by atoms with Crippen molar-refractivity contribution in [2.24, 2.45) is 0 Å². The molecule has 0 bridgehead atoms. The van der Waals surface area contributed by atoms with Crippen LogP contribution in [0.15, 0.2) is 48.9 Å². The van der Waals surface area contributed by atoms with Crippen LogP contribution in [0.25, 0.3) is 11.0 Å². The van der Waals surface area contributed by atoms with Crippen molar-refractivity contribution in [1.82, 2.24) is 19.7 Å². The minimum Gasteiger partial charge on any atom is -0.493 e. The van der Waals surface area contributed by atoms with Crippen molar-refractivity contribution in [3.8, 4) is 17.6 Å². The van der Waals surface area contributed by atoms with Crippen molar-refractivity contribution < 1.29 is 14.2 Å². The first-order chi connectivity index (χ1) is 18.2. The number of nitriles is 1. The molecule has 1 N–H and O–H groups in total. The lowest BCUT2D eigenvalue weighted by atomic mass is 10.1. The smallest absolute Gasteiger partial charge is 0.162 e. The Bertz CT molecular complexity index is 1420. The van der Waals surface area contributed by atoms with Crippen LogP contribution in [0.5, 0.6) is 11.5 Å². The predicted molar refractivity (Wildman–Crippen MR) is 140 cm³/mol. The second kappa shape index (κ2) is 11.1. The van der Waals surface area contributed by atoms with Gasteiger partial charge in [-0.05, 0) is 30.7 Å². The summed E-state index contributed by atoms with van der Waals surface area (Å²) in [5.74, 6) is 1.95. The zero-order valence-electron chi connectivity index (χ0n) is 21.0. The molecule has 4 aromatic rings. The third kappa shape index (κ3) is 5.42. The van der Waals surface area contributed by atoms with E-state index in [0.29, 0.717) is 53.6 Å². The number of aromatic nitrogens is 4. The van der Waals surface area contributed by atoms with E-state index >= 15 is 0 Å². The highest BCUT2D eigenvalue weighted by Crippen LogP contribution is 2.34. The van der Waals surface area contributed by atoms with E-state index in [-0.39, 0.29) is 0 Å². The van der Waals surface area contributed by atoms with Gasteiger partial charge in [-0.1, -0.05) is 6.92 Å². The van der Waals surface area contributed by atoms with Gasteiger partial charge in [0.05, 0.1) is 43.9 Å². The highest BCUT2D eigenvalue weighted by atomic mass is 16.5. The largest absolute Gasteiger partial charge is 0.493 e. The Balaban J connectivity index is 1.36. The third-order valence-corrected chi connectivity index (χ3v) is 6.13. The number of hydrogen-bond donors (Lipinski definition) is 1. The van der Waals surface area contributed by atoms with E-state index in [9.17, 15) is 5.26 Å². The number of anilines is 3. The lowest BCUT2D eigenvalue weighted by Gasteiger charge is -2.27. The summed E-state index contributed by atoms with van der Waals surface area (Å²) in [4.78, 5) is 11.4. The summed E-state index contributed by atoms with van der Waals surface area (Å²) in [7, 11) is 1.60. The van der Waals surface area contributed by atoms with Crippen LogP contribution in [0.3, 0.4) is 0 Å². The van der Waals surface area contributed by atoms with Crippen LogP contribution in [-0.4, -0.2) is 53.2 Å². The minimum absolute atomic E-state index is 0.389. The van der Waals surface area contributed by atoms with Crippen LogP contribution < -0.4 is 19.7 Å². The molecule has 5 rings (SSSR count). The number of rotatable bonds is 9. The number of benzene rings is 2. The van der Waals surface area contributed by atoms with Gasteiger partial charge in [0.25, 0.3) is 0 Å². The Morgan fingerprint density at radius 1 is 1.14 bits per heavy atom. The molecule has 0 spiro atoms. The predicted octanol–water partition coefficient (Wildman–Crippen LogP) is 4.28. The maximum Gasteiger partial charge on any atom is 0.162 e. The van der Waals surface area contributed by atoms with Crippen molar-refractivity contribution in [2.75, 3.05) is 43.6 Å². The fourth-order valence-electron chi connectivity index (χ4n) is 4.24. The van der Waals surface area contributed by atoms with Gasteiger partial charge in [0, 0.05) is 43.1 Å². The Hall–Kier alpha value is -4.36. The Morgan fingerprint density at radius 3 is 2.78 bits per heavy atom. The molecule has 190 valence electrons. The topological polar surface area (TPSA) is 110 Å². The molecule has 1 aliphatic heterocycles. The molecule has 10 nitrogen and oxygen atoms in total. The first-order valence-corrected chi connectivity index (χ1v) is 12.3. The summed E-state index contributed by atoms with van der Waals surface area (Å²) in [5, 5.41) is 17.7. The Morgan fingerprint density at radius 2 is 2.00 bits per heavy atom. The summed E-state index contributed by atoms with van der Waals surface area (Å²) in [6, 6.07) is 11.6. The van der Waals surface area contributed by atoms with Crippen molar-refractivity contribution in [3.05, 3.63) is 60.0 Å². The molecule has 0 unspecified atom stereocenters. The van der Waals surface area contributed by atoms with Crippen molar-refractivity contribution >= 4 is 28.2 Å². The number of fused-ring (bicyclic) bond motifs is 1. The third-order valence-electron chi connectivity index (χ3n) is 6.13. The van der Waals surface area contributed by atoms with Gasteiger partial charge in [0.1, 0.15) is 29.6 Å². The Kier molecular flexibility index (Phi) is 7.33. The number of ether oxygens (including phenoxy) is 3. The number of hydrogen-bond acceptors (Lipinski definition) is 9. The molecule has 0 radical (unpaired) electrons. The average molecular weight is 500 g/mol. The van der Waals surface area contributed by atoms with Crippen LogP contribution in [0, 0.1) is 11.3 Å². The van der Waals surface area contributed by atoms with Crippen LogP contribution in [0.2, 0.25) is 0 Å². The molecular weight excluding hydrogens is 470 g/mol. The fourth-order valence-corrected chi connectivity index (χ4v) is 4.24. The zero-order valence-corrected chi connectivity index (χ0v) is 21.0. The SMILES string of the molecule is CCCn1cc(COc2ccc(Nc3ccc4ncc(N5CCOCC5)nc4c3C#N)cc2OC)cn1. The molecule has 3 heterocycles. The van der Waals surface area contributed by atoms with E-state index in [1.165, 1.54) is 0 Å². The van der Waals surface area contributed by atoms with Gasteiger partial charge >= 0.3 is 0 Å². The first kappa shape index (κ1) is 24.3. The number of methoxy groups -OCH3 is 1. The highest BCUT2D eigenvalue weighted by Gasteiger charge is 2.17. The zero-order chi connectivity index (χ0) is 25.6. The monoisotopic (exact) mass is 499 g/mol.